The third kappa shape index (κ3) is 3.50. The maximum atomic E-state index is 6.15. The molecule has 0 radical (unpaired) electrons. The van der Waals surface area contributed by atoms with Gasteiger partial charge in [-0.05, 0) is 68.7 Å². The van der Waals surface area contributed by atoms with Crippen molar-refractivity contribution in [2.45, 2.75) is 32.7 Å². The number of fused-ring (bicyclic) bond motifs is 1. The lowest BCUT2D eigenvalue weighted by atomic mass is 9.85. The van der Waals surface area contributed by atoms with Crippen molar-refractivity contribution < 1.29 is 0 Å². The summed E-state index contributed by atoms with van der Waals surface area (Å²) in [6.07, 6.45) is 2.31. The van der Waals surface area contributed by atoms with Crippen molar-refractivity contribution in [1.82, 2.24) is 10.2 Å². The van der Waals surface area contributed by atoms with Crippen molar-refractivity contribution in [1.29, 1.82) is 0 Å². The molecule has 0 bridgehead atoms. The van der Waals surface area contributed by atoms with Crippen LogP contribution in [0.3, 0.4) is 0 Å². The zero-order valence-electron chi connectivity index (χ0n) is 12.5. The van der Waals surface area contributed by atoms with E-state index in [1.165, 1.54) is 17.5 Å². The molecule has 19 heavy (non-hydrogen) atoms. The number of benzene rings is 1. The molecule has 0 saturated carbocycles. The van der Waals surface area contributed by atoms with E-state index >= 15 is 0 Å². The van der Waals surface area contributed by atoms with Crippen LogP contribution >= 0.6 is 11.6 Å². The monoisotopic (exact) mass is 280 g/mol. The molecule has 0 saturated heterocycles. The highest BCUT2D eigenvalue weighted by Gasteiger charge is 2.38. The largest absolute Gasteiger partial charge is 0.309 e. The standard InChI is InChI=1S/C16H25ClN2/c1-16(2)11-12-6-7-13(17)10-14(12)15(16)18-8-5-9-19(3)4/h6-7,10,15,18H,5,8-9,11H2,1-4H3. The van der Waals surface area contributed by atoms with Crippen LogP contribution in [0.4, 0.5) is 0 Å². The smallest absolute Gasteiger partial charge is 0.0409 e. The lowest BCUT2D eigenvalue weighted by molar-refractivity contribution is 0.265. The zero-order valence-corrected chi connectivity index (χ0v) is 13.2. The quantitative estimate of drug-likeness (QED) is 0.831. The minimum Gasteiger partial charge on any atom is -0.309 e. The minimum atomic E-state index is 0.269. The molecule has 106 valence electrons. The summed E-state index contributed by atoms with van der Waals surface area (Å²) in [6.45, 7) is 6.86. The number of halogens is 1. The predicted molar refractivity (Wildman–Crippen MR) is 82.9 cm³/mol. The van der Waals surface area contributed by atoms with Gasteiger partial charge in [-0.25, -0.2) is 0 Å². The van der Waals surface area contributed by atoms with Gasteiger partial charge in [-0.3, -0.25) is 0 Å². The number of nitrogens with zero attached hydrogens (tertiary/aromatic N) is 1. The van der Waals surface area contributed by atoms with Crippen molar-refractivity contribution in [2.24, 2.45) is 5.41 Å². The van der Waals surface area contributed by atoms with Crippen LogP contribution < -0.4 is 5.32 Å². The maximum absolute atomic E-state index is 6.15. The molecule has 1 unspecified atom stereocenters. The number of nitrogens with one attached hydrogen (secondary N) is 1. The van der Waals surface area contributed by atoms with Gasteiger partial charge in [0.05, 0.1) is 0 Å². The summed E-state index contributed by atoms with van der Waals surface area (Å²) in [4.78, 5) is 2.23. The average molecular weight is 281 g/mol. The molecule has 0 heterocycles. The maximum Gasteiger partial charge on any atom is 0.0409 e. The van der Waals surface area contributed by atoms with Crippen molar-refractivity contribution in [3.8, 4) is 0 Å². The second-order valence-corrected chi connectivity index (χ2v) is 6.99. The van der Waals surface area contributed by atoms with Crippen LogP contribution in [0.25, 0.3) is 0 Å². The van der Waals surface area contributed by atoms with Gasteiger partial charge < -0.3 is 10.2 Å². The number of rotatable bonds is 5. The molecular formula is C16H25ClN2. The zero-order chi connectivity index (χ0) is 14.0. The molecule has 2 rings (SSSR count). The van der Waals surface area contributed by atoms with Gasteiger partial charge in [0.2, 0.25) is 0 Å². The first-order chi connectivity index (χ1) is 8.90. The molecule has 0 fully saturated rings. The first-order valence-corrected chi connectivity index (χ1v) is 7.44. The highest BCUT2D eigenvalue weighted by atomic mass is 35.5. The molecule has 0 spiro atoms. The average Bonchev–Trinajstić information content (AvgIpc) is 2.55. The van der Waals surface area contributed by atoms with Gasteiger partial charge in [-0.15, -0.1) is 0 Å². The summed E-state index contributed by atoms with van der Waals surface area (Å²) in [5.41, 5.74) is 3.10. The fourth-order valence-electron chi connectivity index (χ4n) is 3.04. The third-order valence-corrected chi connectivity index (χ3v) is 4.21. The van der Waals surface area contributed by atoms with E-state index < -0.39 is 0 Å². The molecule has 1 aliphatic carbocycles. The van der Waals surface area contributed by atoms with Gasteiger partial charge in [-0.1, -0.05) is 31.5 Å². The number of hydrogen-bond acceptors (Lipinski definition) is 2. The van der Waals surface area contributed by atoms with Crippen LogP contribution in [-0.2, 0) is 6.42 Å². The van der Waals surface area contributed by atoms with Crippen molar-refractivity contribution in [3.05, 3.63) is 34.3 Å². The van der Waals surface area contributed by atoms with Crippen molar-refractivity contribution in [3.63, 3.8) is 0 Å². The minimum absolute atomic E-state index is 0.269. The van der Waals surface area contributed by atoms with E-state index in [4.69, 9.17) is 11.6 Å². The summed E-state index contributed by atoms with van der Waals surface area (Å²) in [5, 5.41) is 4.57. The van der Waals surface area contributed by atoms with E-state index in [0.29, 0.717) is 6.04 Å². The molecule has 0 amide bonds. The van der Waals surface area contributed by atoms with Crippen LogP contribution in [0, 0.1) is 5.41 Å². The molecule has 1 atom stereocenters. The van der Waals surface area contributed by atoms with E-state index in [1.54, 1.807) is 0 Å². The van der Waals surface area contributed by atoms with E-state index in [-0.39, 0.29) is 5.41 Å². The van der Waals surface area contributed by atoms with Gasteiger partial charge in [0.1, 0.15) is 0 Å². The van der Waals surface area contributed by atoms with Crippen LogP contribution in [-0.4, -0.2) is 32.1 Å². The Hall–Kier alpha value is -0.570. The molecule has 1 N–H and O–H groups in total. The Morgan fingerprint density at radius 1 is 1.37 bits per heavy atom. The van der Waals surface area contributed by atoms with Gasteiger partial charge >= 0.3 is 0 Å². The Bertz CT molecular complexity index is 440. The van der Waals surface area contributed by atoms with Crippen molar-refractivity contribution >= 4 is 11.6 Å². The second-order valence-electron chi connectivity index (χ2n) is 6.55. The summed E-state index contributed by atoms with van der Waals surface area (Å²) < 4.78 is 0. The Morgan fingerprint density at radius 3 is 2.79 bits per heavy atom. The summed E-state index contributed by atoms with van der Waals surface area (Å²) >= 11 is 6.15. The fourth-order valence-corrected chi connectivity index (χ4v) is 3.22. The molecular weight excluding hydrogens is 256 g/mol. The topological polar surface area (TPSA) is 15.3 Å². The summed E-state index contributed by atoms with van der Waals surface area (Å²) in [7, 11) is 4.24. The molecule has 1 aromatic rings. The molecule has 2 nitrogen and oxygen atoms in total. The van der Waals surface area contributed by atoms with Crippen LogP contribution in [0.1, 0.15) is 37.4 Å². The SMILES string of the molecule is CN(C)CCCNC1c2cc(Cl)ccc2CC1(C)C. The molecule has 1 aliphatic rings. The Kier molecular flexibility index (Phi) is 4.54. The first-order valence-electron chi connectivity index (χ1n) is 7.06. The second kappa shape index (κ2) is 5.82. The summed E-state index contributed by atoms with van der Waals surface area (Å²) in [5.74, 6) is 0. The molecule has 0 aliphatic heterocycles. The Morgan fingerprint density at radius 2 is 2.11 bits per heavy atom. The van der Waals surface area contributed by atoms with E-state index in [2.05, 4.69) is 50.3 Å². The van der Waals surface area contributed by atoms with E-state index in [0.717, 1.165) is 24.5 Å². The normalized spacial score (nSPS) is 20.8. The van der Waals surface area contributed by atoms with Gasteiger partial charge in [0, 0.05) is 11.1 Å². The lowest BCUT2D eigenvalue weighted by Gasteiger charge is -2.29. The van der Waals surface area contributed by atoms with Gasteiger partial charge in [0.25, 0.3) is 0 Å². The molecule has 3 heteroatoms. The third-order valence-electron chi connectivity index (χ3n) is 3.98. The summed E-state index contributed by atoms with van der Waals surface area (Å²) in [6, 6.07) is 6.74. The molecule has 0 aromatic heterocycles. The van der Waals surface area contributed by atoms with Gasteiger partial charge in [-0.2, -0.15) is 0 Å². The predicted octanol–water partition coefficient (Wildman–Crippen LogP) is 3.50. The first kappa shape index (κ1) is 14.8. The lowest BCUT2D eigenvalue weighted by Crippen LogP contribution is -2.32. The van der Waals surface area contributed by atoms with Crippen molar-refractivity contribution in [2.75, 3.05) is 27.2 Å². The molecule has 1 aromatic carbocycles. The van der Waals surface area contributed by atoms with Crippen LogP contribution in [0.2, 0.25) is 5.02 Å². The van der Waals surface area contributed by atoms with E-state index in [1.807, 2.05) is 6.07 Å². The van der Waals surface area contributed by atoms with Gasteiger partial charge in [0.15, 0.2) is 0 Å². The van der Waals surface area contributed by atoms with Crippen LogP contribution in [0.15, 0.2) is 18.2 Å². The highest BCUT2D eigenvalue weighted by molar-refractivity contribution is 6.30. The number of hydrogen-bond donors (Lipinski definition) is 1. The fraction of sp³-hybridized carbons (Fsp3) is 0.625. The van der Waals surface area contributed by atoms with E-state index in [9.17, 15) is 0 Å². The van der Waals surface area contributed by atoms with Crippen LogP contribution in [0.5, 0.6) is 0 Å². The Balaban J connectivity index is 2.04. The highest BCUT2D eigenvalue weighted by Crippen LogP contribution is 2.45. The Labute approximate surface area is 122 Å².